The van der Waals surface area contributed by atoms with Crippen LogP contribution in [0.5, 0.6) is 0 Å². The van der Waals surface area contributed by atoms with Crippen LogP contribution in [0.25, 0.3) is 0 Å². The molecule has 0 heterocycles. The van der Waals surface area contributed by atoms with E-state index in [2.05, 4.69) is 26.0 Å². The average Bonchev–Trinajstić information content (AvgIpc) is 2.86. The fraction of sp³-hybridized carbons (Fsp3) is 0.727. The van der Waals surface area contributed by atoms with Gasteiger partial charge in [0.05, 0.1) is 5.60 Å². The molecule has 4 rings (SSSR count). The molecule has 0 radical (unpaired) electrons. The van der Waals surface area contributed by atoms with Crippen LogP contribution in [0.2, 0.25) is 0 Å². The van der Waals surface area contributed by atoms with Crippen LogP contribution in [0, 0.1) is 28.6 Å². The maximum Gasteiger partial charge on any atom is 0.303 e. The van der Waals surface area contributed by atoms with Crippen molar-refractivity contribution in [2.24, 2.45) is 28.6 Å². The summed E-state index contributed by atoms with van der Waals surface area (Å²) in [6.07, 6.45) is 11.9. The first-order chi connectivity index (χ1) is 12.2. The number of carboxylic acids is 1. The van der Waals surface area contributed by atoms with Crippen molar-refractivity contribution < 1.29 is 19.8 Å². The number of aliphatic hydroxyl groups is 1. The van der Waals surface area contributed by atoms with E-state index in [1.165, 1.54) is 5.57 Å². The molecule has 0 aliphatic heterocycles. The van der Waals surface area contributed by atoms with Gasteiger partial charge in [0.2, 0.25) is 0 Å². The van der Waals surface area contributed by atoms with Crippen LogP contribution < -0.4 is 0 Å². The van der Waals surface area contributed by atoms with Gasteiger partial charge in [-0.05, 0) is 78.8 Å². The van der Waals surface area contributed by atoms with Crippen molar-refractivity contribution in [2.75, 3.05) is 0 Å². The lowest BCUT2D eigenvalue weighted by atomic mass is 9.48. The van der Waals surface area contributed by atoms with E-state index in [1.807, 2.05) is 6.08 Å². The minimum absolute atomic E-state index is 0.0372. The standard InChI is InChI=1S/C22H30O4/c1-20-9-5-15(23)13-14(20)3-4-16-17(20)6-10-21(2)18(16)7-11-22(21,26)12-8-19(24)25/h3-4,13,16-18,26H,5-12H2,1-2H3,(H,24,25)/t16-,17-,18+,20+,21+,22-/m1/s1. The van der Waals surface area contributed by atoms with E-state index in [9.17, 15) is 14.7 Å². The summed E-state index contributed by atoms with van der Waals surface area (Å²) >= 11 is 0. The van der Waals surface area contributed by atoms with Crippen LogP contribution in [0.15, 0.2) is 23.8 Å². The lowest BCUT2D eigenvalue weighted by Gasteiger charge is -2.57. The molecule has 2 N–H and O–H groups in total. The minimum atomic E-state index is -0.867. The Morgan fingerprint density at radius 2 is 1.92 bits per heavy atom. The van der Waals surface area contributed by atoms with Crippen LogP contribution in [0.3, 0.4) is 0 Å². The van der Waals surface area contributed by atoms with Gasteiger partial charge >= 0.3 is 5.97 Å². The molecule has 0 bridgehead atoms. The fourth-order valence-electron chi connectivity index (χ4n) is 6.83. The zero-order valence-electron chi connectivity index (χ0n) is 15.8. The summed E-state index contributed by atoms with van der Waals surface area (Å²) in [5.41, 5.74) is 0.179. The smallest absolute Gasteiger partial charge is 0.303 e. The Balaban J connectivity index is 1.66. The van der Waals surface area contributed by atoms with Gasteiger partial charge in [0.1, 0.15) is 0 Å². The normalized spacial score (nSPS) is 47.0. The van der Waals surface area contributed by atoms with E-state index in [4.69, 9.17) is 5.11 Å². The summed E-state index contributed by atoms with van der Waals surface area (Å²) in [6, 6.07) is 0. The molecule has 0 aromatic heterocycles. The van der Waals surface area contributed by atoms with Crippen LogP contribution in [-0.4, -0.2) is 27.6 Å². The number of carbonyl (C=O) groups is 2. The molecule has 0 spiro atoms. The van der Waals surface area contributed by atoms with Crippen molar-refractivity contribution in [3.05, 3.63) is 23.8 Å². The van der Waals surface area contributed by atoms with Gasteiger partial charge in [0.15, 0.2) is 5.78 Å². The molecular weight excluding hydrogens is 328 g/mol. The monoisotopic (exact) mass is 358 g/mol. The maximum atomic E-state index is 11.9. The highest BCUT2D eigenvalue weighted by atomic mass is 16.4. The number of aliphatic carboxylic acids is 1. The molecule has 0 aromatic rings. The molecule has 142 valence electrons. The van der Waals surface area contributed by atoms with E-state index in [-0.39, 0.29) is 23.0 Å². The first kappa shape index (κ1) is 18.0. The Hall–Kier alpha value is -1.42. The predicted molar refractivity (Wildman–Crippen MR) is 98.4 cm³/mol. The Morgan fingerprint density at radius 1 is 1.19 bits per heavy atom. The Kier molecular flexibility index (Phi) is 4.00. The van der Waals surface area contributed by atoms with Gasteiger partial charge in [-0.1, -0.05) is 26.0 Å². The first-order valence-electron chi connectivity index (χ1n) is 10.1. The van der Waals surface area contributed by atoms with Crippen LogP contribution >= 0.6 is 0 Å². The molecule has 6 atom stereocenters. The largest absolute Gasteiger partial charge is 0.481 e. The number of carboxylic acid groups (broad SMARTS) is 1. The average molecular weight is 358 g/mol. The van der Waals surface area contributed by atoms with Gasteiger partial charge in [-0.3, -0.25) is 9.59 Å². The lowest BCUT2D eigenvalue weighted by molar-refractivity contribution is -0.144. The highest BCUT2D eigenvalue weighted by molar-refractivity contribution is 5.92. The van der Waals surface area contributed by atoms with Crippen molar-refractivity contribution in [2.45, 2.75) is 70.8 Å². The summed E-state index contributed by atoms with van der Waals surface area (Å²) in [6.45, 7) is 4.51. The van der Waals surface area contributed by atoms with Crippen molar-refractivity contribution >= 4 is 11.8 Å². The van der Waals surface area contributed by atoms with Crippen molar-refractivity contribution in [1.82, 2.24) is 0 Å². The molecule has 26 heavy (non-hydrogen) atoms. The molecule has 2 fully saturated rings. The SMILES string of the molecule is C[C@]12CCC(=O)C=C1C=C[C@@H]1[C@H]2CC[C@@]2(C)[C@H]1CC[C@@]2(O)CCC(=O)O. The van der Waals surface area contributed by atoms with Crippen LogP contribution in [-0.2, 0) is 9.59 Å². The highest BCUT2D eigenvalue weighted by Gasteiger charge is 2.62. The number of rotatable bonds is 3. The Labute approximate surface area is 155 Å². The van der Waals surface area contributed by atoms with E-state index < -0.39 is 11.6 Å². The molecule has 0 amide bonds. The molecule has 4 nitrogen and oxygen atoms in total. The molecule has 4 heteroatoms. The number of carbonyl (C=O) groups excluding carboxylic acids is 1. The third kappa shape index (κ3) is 2.37. The number of ketones is 1. The number of hydrogen-bond acceptors (Lipinski definition) is 3. The second-order valence-electron chi connectivity index (χ2n) is 9.55. The van der Waals surface area contributed by atoms with Crippen molar-refractivity contribution in [3.8, 4) is 0 Å². The second-order valence-corrected chi connectivity index (χ2v) is 9.55. The quantitative estimate of drug-likeness (QED) is 0.802. The zero-order valence-corrected chi connectivity index (χ0v) is 15.8. The summed E-state index contributed by atoms with van der Waals surface area (Å²) in [5.74, 6) is 0.748. The van der Waals surface area contributed by atoms with Crippen LogP contribution in [0.1, 0.15) is 65.2 Å². The summed E-state index contributed by atoms with van der Waals surface area (Å²) < 4.78 is 0. The predicted octanol–water partition coefficient (Wildman–Crippen LogP) is 3.89. The Morgan fingerprint density at radius 3 is 2.65 bits per heavy atom. The topological polar surface area (TPSA) is 74.6 Å². The summed E-state index contributed by atoms with van der Waals surface area (Å²) in [5, 5.41) is 20.5. The van der Waals surface area contributed by atoms with E-state index in [0.29, 0.717) is 37.0 Å². The first-order valence-corrected chi connectivity index (χ1v) is 10.1. The van der Waals surface area contributed by atoms with Crippen molar-refractivity contribution in [1.29, 1.82) is 0 Å². The van der Waals surface area contributed by atoms with Gasteiger partial charge in [0, 0.05) is 12.8 Å². The third-order valence-corrected chi connectivity index (χ3v) is 8.59. The molecule has 0 unspecified atom stereocenters. The van der Waals surface area contributed by atoms with Gasteiger partial charge in [-0.2, -0.15) is 0 Å². The van der Waals surface area contributed by atoms with Crippen LogP contribution in [0.4, 0.5) is 0 Å². The third-order valence-electron chi connectivity index (χ3n) is 8.59. The summed E-state index contributed by atoms with van der Waals surface area (Å²) in [7, 11) is 0. The molecule has 0 aromatic carbocycles. The molecular formula is C22H30O4. The zero-order chi connectivity index (χ0) is 18.7. The maximum absolute atomic E-state index is 11.9. The molecule has 4 aliphatic carbocycles. The lowest BCUT2D eigenvalue weighted by Crippen LogP contribution is -2.53. The number of fused-ring (bicyclic) bond motifs is 5. The molecule has 4 aliphatic rings. The van der Waals surface area contributed by atoms with Gasteiger partial charge in [-0.25, -0.2) is 0 Å². The second kappa shape index (κ2) is 5.79. The van der Waals surface area contributed by atoms with Gasteiger partial charge in [0.25, 0.3) is 0 Å². The molecule has 2 saturated carbocycles. The number of allylic oxidation sites excluding steroid dienone is 4. The number of hydrogen-bond donors (Lipinski definition) is 2. The van der Waals surface area contributed by atoms with Gasteiger partial charge in [-0.15, -0.1) is 0 Å². The van der Waals surface area contributed by atoms with E-state index in [0.717, 1.165) is 25.7 Å². The minimum Gasteiger partial charge on any atom is -0.481 e. The van der Waals surface area contributed by atoms with E-state index in [1.54, 1.807) is 0 Å². The van der Waals surface area contributed by atoms with Crippen molar-refractivity contribution in [3.63, 3.8) is 0 Å². The Bertz CT molecular complexity index is 707. The summed E-state index contributed by atoms with van der Waals surface area (Å²) in [4.78, 5) is 22.9. The highest BCUT2D eigenvalue weighted by Crippen LogP contribution is 2.66. The van der Waals surface area contributed by atoms with E-state index >= 15 is 0 Å². The fourth-order valence-corrected chi connectivity index (χ4v) is 6.83. The van der Waals surface area contributed by atoms with Gasteiger partial charge < -0.3 is 10.2 Å². The molecule has 0 saturated heterocycles.